The van der Waals surface area contributed by atoms with E-state index in [0.29, 0.717) is 0 Å². The molecule has 6 aromatic heterocycles. The van der Waals surface area contributed by atoms with Crippen LogP contribution in [-0.2, 0) is 0 Å². The smallest absolute Gasteiger partial charge is 0.0547 e. The van der Waals surface area contributed by atoms with Gasteiger partial charge in [-0.1, -0.05) is 346 Å². The van der Waals surface area contributed by atoms with E-state index in [1.807, 2.05) is 0 Å². The van der Waals surface area contributed by atoms with E-state index in [1.54, 1.807) is 0 Å². The van der Waals surface area contributed by atoms with E-state index in [1.165, 1.54) is 215 Å². The predicted molar refractivity (Wildman–Crippen MR) is 558 cm³/mol. The highest BCUT2D eigenvalue weighted by molar-refractivity contribution is 6.17. The highest BCUT2D eigenvalue weighted by atomic mass is 15.0. The average molecular weight is 1680 g/mol. The molecule has 0 unspecified atom stereocenters. The number of benzene rings is 21. The van der Waals surface area contributed by atoms with Gasteiger partial charge in [0.15, 0.2) is 0 Å². The number of para-hydroxylation sites is 9. The first-order valence-electron chi connectivity index (χ1n) is 45.3. The predicted octanol–water partition coefficient (Wildman–Crippen LogP) is 33.6. The summed E-state index contributed by atoms with van der Waals surface area (Å²) in [7, 11) is 0. The summed E-state index contributed by atoms with van der Waals surface area (Å²) in [6.45, 7) is 0. The molecular formula is C126H84N6. The van der Waals surface area contributed by atoms with E-state index in [2.05, 4.69) is 537 Å². The average Bonchev–Trinajstić information content (AvgIpc) is 1.59. The first-order valence-corrected chi connectivity index (χ1v) is 45.3. The minimum Gasteiger partial charge on any atom is -0.309 e. The van der Waals surface area contributed by atoms with Gasteiger partial charge in [-0.3, -0.25) is 0 Å². The van der Waals surface area contributed by atoms with Gasteiger partial charge in [0.1, 0.15) is 0 Å². The van der Waals surface area contributed by atoms with E-state index in [-0.39, 0.29) is 0 Å². The first kappa shape index (κ1) is 76.8. The van der Waals surface area contributed by atoms with Gasteiger partial charge in [-0.2, -0.15) is 0 Å². The molecule has 0 aliphatic carbocycles. The van der Waals surface area contributed by atoms with Crippen molar-refractivity contribution in [2.24, 2.45) is 0 Å². The van der Waals surface area contributed by atoms with E-state index in [9.17, 15) is 0 Å². The molecule has 0 atom stereocenters. The Balaban J connectivity index is 0.000000106. The maximum absolute atomic E-state index is 2.42. The van der Waals surface area contributed by atoms with Crippen molar-refractivity contribution in [1.29, 1.82) is 0 Å². The number of fused-ring (bicyclic) bond motifs is 18. The summed E-state index contributed by atoms with van der Waals surface area (Å²) < 4.78 is 14.3. The minimum absolute atomic E-state index is 1.16. The van der Waals surface area contributed by atoms with Crippen LogP contribution in [0.5, 0.6) is 0 Å². The SMILES string of the molecule is c1ccc(-c2ccc(-n3c4ccccc4c4cc(-c5ccc6c7ccccc7n(-c7ccccc7)c6c5)ccc43)cc2)cc1.c1ccc(-c2ccc(-n3c4ccccc4c4ccc(-c5ccc6c(c5)c5ccccc5n6-c5ccccc5)cc43)cc2)cc1.c1ccc(-c2cccc(-n3c4ccccc4c4ccc(-c5ccc6c(c5)c5ccccc5n6-c5ccccc5)cc43)c2)cc1. The Morgan fingerprint density at radius 3 is 0.561 bits per heavy atom. The molecule has 6 nitrogen and oxygen atoms in total. The standard InChI is InChI=1S/3C42H28N2/c1-3-12-29(13-4-1)30-14-11-17-34(26-30)44-39-20-9-7-18-35(39)37-24-22-32(28-42(37)44)31-23-25-41-38(27-31)36-19-8-10-21-40(36)43(41)33-15-5-2-6-16-33;1-3-11-29(12-4-1)30-19-23-34(24-20-30)43-40-18-10-8-16-36(40)38-27-31(22-26-41(38)43)32-21-25-37-35-15-7-9-17-39(35)44(42(37)28-32)33-13-5-2-6-14-33;1-3-11-29(12-4-1)30-19-23-34(24-20-30)44-39-17-9-7-15-35(39)37-25-21-32(28-42(37)44)31-22-26-41-38(27-31)36-16-8-10-18-40(36)43(41)33-13-5-2-6-14-33/h3*1-28H. The fourth-order valence-corrected chi connectivity index (χ4v) is 20.6. The number of nitrogens with zero attached hydrogens (tertiary/aromatic N) is 6. The van der Waals surface area contributed by atoms with Gasteiger partial charge >= 0.3 is 0 Å². The number of rotatable bonds is 12. The summed E-state index contributed by atoms with van der Waals surface area (Å²) in [4.78, 5) is 0. The minimum atomic E-state index is 1.16. The molecule has 6 heteroatoms. The lowest BCUT2D eigenvalue weighted by Gasteiger charge is -2.11. The molecule has 27 aromatic rings. The Labute approximate surface area is 763 Å². The van der Waals surface area contributed by atoms with Crippen molar-refractivity contribution in [2.75, 3.05) is 0 Å². The number of hydrogen-bond donors (Lipinski definition) is 0. The van der Waals surface area contributed by atoms with Crippen LogP contribution >= 0.6 is 0 Å². The van der Waals surface area contributed by atoms with Gasteiger partial charge in [-0.25, -0.2) is 0 Å². The van der Waals surface area contributed by atoms with Crippen molar-refractivity contribution < 1.29 is 0 Å². The summed E-state index contributed by atoms with van der Waals surface area (Å²) in [5, 5.41) is 15.2. The van der Waals surface area contributed by atoms with Crippen LogP contribution in [0.25, 0.3) is 232 Å². The lowest BCUT2D eigenvalue weighted by atomic mass is 10.0. The quantitative estimate of drug-likeness (QED) is 0.117. The molecule has 21 aromatic carbocycles. The van der Waals surface area contributed by atoms with Crippen LogP contribution in [0.2, 0.25) is 0 Å². The van der Waals surface area contributed by atoms with Crippen molar-refractivity contribution in [2.45, 2.75) is 0 Å². The summed E-state index contributed by atoms with van der Waals surface area (Å²) >= 11 is 0. The van der Waals surface area contributed by atoms with Crippen molar-refractivity contribution in [3.8, 4) is 101 Å². The third kappa shape index (κ3) is 13.3. The Morgan fingerprint density at radius 2 is 0.258 bits per heavy atom. The first-order chi connectivity index (χ1) is 65.5. The zero-order valence-electron chi connectivity index (χ0n) is 72.2. The highest BCUT2D eigenvalue weighted by Gasteiger charge is 2.23. The molecule has 0 saturated carbocycles. The Kier molecular flexibility index (Phi) is 18.8. The third-order valence-corrected chi connectivity index (χ3v) is 26.8. The summed E-state index contributed by atoms with van der Waals surface area (Å²) in [6, 6.07) is 184. The van der Waals surface area contributed by atoms with Crippen LogP contribution < -0.4 is 0 Å². The van der Waals surface area contributed by atoms with Crippen molar-refractivity contribution in [3.63, 3.8) is 0 Å². The van der Waals surface area contributed by atoms with Gasteiger partial charge in [0, 0.05) is 98.8 Å². The largest absolute Gasteiger partial charge is 0.309 e. The van der Waals surface area contributed by atoms with Crippen LogP contribution in [-0.4, -0.2) is 27.4 Å². The number of hydrogen-bond acceptors (Lipinski definition) is 0. The van der Waals surface area contributed by atoms with E-state index >= 15 is 0 Å². The Morgan fingerprint density at radius 1 is 0.0833 bits per heavy atom. The molecule has 0 fully saturated rings. The molecule has 0 radical (unpaired) electrons. The van der Waals surface area contributed by atoms with Crippen molar-refractivity contribution >= 4 is 131 Å². The monoisotopic (exact) mass is 1680 g/mol. The second-order valence-corrected chi connectivity index (χ2v) is 34.3. The molecule has 0 bridgehead atoms. The van der Waals surface area contributed by atoms with Crippen molar-refractivity contribution in [3.05, 3.63) is 510 Å². The molecule has 27 rings (SSSR count). The molecule has 6 heterocycles. The fourth-order valence-electron chi connectivity index (χ4n) is 20.6. The zero-order chi connectivity index (χ0) is 87.1. The second kappa shape index (κ2) is 32.4. The van der Waals surface area contributed by atoms with E-state index in [0.717, 1.165) is 17.1 Å². The van der Waals surface area contributed by atoms with Crippen LogP contribution in [0.4, 0.5) is 0 Å². The molecule has 0 aliphatic rings. The van der Waals surface area contributed by atoms with Gasteiger partial charge in [0.05, 0.1) is 66.2 Å². The molecule has 0 aliphatic heterocycles. The van der Waals surface area contributed by atoms with Crippen LogP contribution in [0.1, 0.15) is 0 Å². The highest BCUT2D eigenvalue weighted by Crippen LogP contribution is 2.45. The Hall–Kier alpha value is -17.6. The molecular weight excluding hydrogens is 1600 g/mol. The molecule has 618 valence electrons. The van der Waals surface area contributed by atoms with E-state index in [4.69, 9.17) is 0 Å². The summed E-state index contributed by atoms with van der Waals surface area (Å²) in [5.41, 5.74) is 36.2. The zero-order valence-corrected chi connectivity index (χ0v) is 72.2. The lowest BCUT2D eigenvalue weighted by molar-refractivity contribution is 1.18. The topological polar surface area (TPSA) is 29.6 Å². The normalized spacial score (nSPS) is 11.6. The fraction of sp³-hybridized carbons (Fsp3) is 0. The molecule has 0 N–H and O–H groups in total. The van der Waals surface area contributed by atoms with Crippen molar-refractivity contribution in [1.82, 2.24) is 27.4 Å². The van der Waals surface area contributed by atoms with Gasteiger partial charge in [-0.05, 0) is 231 Å². The maximum atomic E-state index is 2.42. The van der Waals surface area contributed by atoms with E-state index < -0.39 is 0 Å². The van der Waals surface area contributed by atoms with Gasteiger partial charge < -0.3 is 27.4 Å². The lowest BCUT2D eigenvalue weighted by Crippen LogP contribution is -1.94. The van der Waals surface area contributed by atoms with Gasteiger partial charge in [-0.15, -0.1) is 0 Å². The van der Waals surface area contributed by atoms with Crippen LogP contribution in [0.15, 0.2) is 510 Å². The van der Waals surface area contributed by atoms with Gasteiger partial charge in [0.2, 0.25) is 0 Å². The maximum Gasteiger partial charge on any atom is 0.0547 e. The van der Waals surface area contributed by atoms with Crippen LogP contribution in [0, 0.1) is 0 Å². The summed E-state index contributed by atoms with van der Waals surface area (Å²) in [6.07, 6.45) is 0. The molecule has 0 amide bonds. The second-order valence-electron chi connectivity index (χ2n) is 34.3. The molecule has 0 saturated heterocycles. The number of aromatic nitrogens is 6. The third-order valence-electron chi connectivity index (χ3n) is 26.8. The molecule has 0 spiro atoms. The summed E-state index contributed by atoms with van der Waals surface area (Å²) in [5.74, 6) is 0. The molecule has 132 heavy (non-hydrogen) atoms. The Bertz CT molecular complexity index is 9090. The van der Waals surface area contributed by atoms with Crippen LogP contribution in [0.3, 0.4) is 0 Å². The van der Waals surface area contributed by atoms with Gasteiger partial charge in [0.25, 0.3) is 0 Å².